The van der Waals surface area contributed by atoms with Crippen LogP contribution in [0.25, 0.3) is 0 Å². The summed E-state index contributed by atoms with van der Waals surface area (Å²) in [7, 11) is -3.13. The second-order valence-electron chi connectivity index (χ2n) is 4.90. The van der Waals surface area contributed by atoms with Crippen molar-refractivity contribution < 1.29 is 8.42 Å². The van der Waals surface area contributed by atoms with Crippen LogP contribution in [0, 0.1) is 0 Å². The Morgan fingerprint density at radius 2 is 2.06 bits per heavy atom. The molecule has 0 aliphatic rings. The Balaban J connectivity index is 2.96. The Morgan fingerprint density at radius 1 is 1.44 bits per heavy atom. The van der Waals surface area contributed by atoms with E-state index in [9.17, 15) is 8.42 Å². The molecular formula is C12H20ClNO2S2. The van der Waals surface area contributed by atoms with E-state index in [1.807, 2.05) is 19.1 Å². The van der Waals surface area contributed by atoms with Crippen LogP contribution >= 0.6 is 22.9 Å². The average molecular weight is 310 g/mol. The molecule has 0 aromatic carbocycles. The summed E-state index contributed by atoms with van der Waals surface area (Å²) in [6, 6.07) is 3.68. The molecule has 0 aliphatic heterocycles. The van der Waals surface area contributed by atoms with Gasteiger partial charge < -0.3 is 5.32 Å². The van der Waals surface area contributed by atoms with Gasteiger partial charge in [0.1, 0.15) is 0 Å². The molecule has 18 heavy (non-hydrogen) atoms. The van der Waals surface area contributed by atoms with Crippen molar-refractivity contribution >= 4 is 32.8 Å². The van der Waals surface area contributed by atoms with Crippen LogP contribution in [0.4, 0.5) is 0 Å². The van der Waals surface area contributed by atoms with E-state index in [4.69, 9.17) is 11.6 Å². The van der Waals surface area contributed by atoms with Gasteiger partial charge in [-0.3, -0.25) is 0 Å². The van der Waals surface area contributed by atoms with Gasteiger partial charge in [-0.05, 0) is 38.9 Å². The minimum atomic E-state index is -3.13. The van der Waals surface area contributed by atoms with Gasteiger partial charge in [0.15, 0.2) is 9.84 Å². The molecule has 6 heteroatoms. The Labute approximate surface area is 118 Å². The SMILES string of the molecule is CCNC(Cc1ccc(Cl)s1)C(C)(C)S(C)(=O)=O. The van der Waals surface area contributed by atoms with Crippen LogP contribution in [-0.2, 0) is 16.3 Å². The lowest BCUT2D eigenvalue weighted by molar-refractivity contribution is 0.415. The highest BCUT2D eigenvalue weighted by Crippen LogP contribution is 2.27. The zero-order chi connectivity index (χ0) is 14.0. The summed E-state index contributed by atoms with van der Waals surface area (Å²) in [4.78, 5) is 1.10. The molecule has 0 spiro atoms. The van der Waals surface area contributed by atoms with Crippen LogP contribution < -0.4 is 5.32 Å². The number of rotatable bonds is 6. The van der Waals surface area contributed by atoms with Gasteiger partial charge in [-0.2, -0.15) is 0 Å². The van der Waals surface area contributed by atoms with Gasteiger partial charge in [0, 0.05) is 17.2 Å². The van der Waals surface area contributed by atoms with E-state index in [2.05, 4.69) is 5.32 Å². The summed E-state index contributed by atoms with van der Waals surface area (Å²) in [6.45, 7) is 6.26. The molecule has 0 saturated carbocycles. The van der Waals surface area contributed by atoms with E-state index in [-0.39, 0.29) is 6.04 Å². The van der Waals surface area contributed by atoms with Gasteiger partial charge in [0.25, 0.3) is 0 Å². The number of nitrogens with one attached hydrogen (secondary N) is 1. The van der Waals surface area contributed by atoms with Crippen LogP contribution in [0.15, 0.2) is 12.1 Å². The number of hydrogen-bond acceptors (Lipinski definition) is 4. The summed E-state index contributed by atoms with van der Waals surface area (Å²) in [6.07, 6.45) is 1.96. The monoisotopic (exact) mass is 309 g/mol. The number of sulfone groups is 1. The highest BCUT2D eigenvalue weighted by molar-refractivity contribution is 7.92. The normalized spacial score (nSPS) is 14.7. The van der Waals surface area contributed by atoms with Gasteiger partial charge in [-0.25, -0.2) is 8.42 Å². The van der Waals surface area contributed by atoms with Crippen LogP contribution in [-0.4, -0.2) is 32.0 Å². The maximum Gasteiger partial charge on any atom is 0.154 e. The van der Waals surface area contributed by atoms with Crippen LogP contribution in [0.3, 0.4) is 0 Å². The van der Waals surface area contributed by atoms with Gasteiger partial charge in [0.05, 0.1) is 9.08 Å². The molecule has 0 fully saturated rings. The third kappa shape index (κ3) is 3.70. The van der Waals surface area contributed by atoms with Crippen LogP contribution in [0.5, 0.6) is 0 Å². The maximum atomic E-state index is 11.9. The molecule has 3 nitrogen and oxygen atoms in total. The zero-order valence-corrected chi connectivity index (χ0v) is 13.5. The number of hydrogen-bond donors (Lipinski definition) is 1. The molecule has 1 heterocycles. The summed E-state index contributed by atoms with van der Waals surface area (Å²) in [5, 5.41) is 3.27. The summed E-state index contributed by atoms with van der Waals surface area (Å²) in [5.74, 6) is 0. The molecule has 0 saturated heterocycles. The fourth-order valence-electron chi connectivity index (χ4n) is 1.73. The van der Waals surface area contributed by atoms with E-state index < -0.39 is 14.6 Å². The van der Waals surface area contributed by atoms with Crippen molar-refractivity contribution in [2.24, 2.45) is 0 Å². The Bertz CT molecular complexity index is 494. The number of likely N-dealkylation sites (N-methyl/N-ethyl adjacent to an activating group) is 1. The topological polar surface area (TPSA) is 46.2 Å². The van der Waals surface area contributed by atoms with E-state index in [1.54, 1.807) is 13.8 Å². The first-order chi connectivity index (χ1) is 8.18. The highest BCUT2D eigenvalue weighted by Gasteiger charge is 2.38. The highest BCUT2D eigenvalue weighted by atomic mass is 35.5. The quantitative estimate of drug-likeness (QED) is 0.879. The largest absolute Gasteiger partial charge is 0.312 e. The molecule has 0 amide bonds. The first-order valence-electron chi connectivity index (χ1n) is 5.85. The lowest BCUT2D eigenvalue weighted by Crippen LogP contribution is -2.52. The fraction of sp³-hybridized carbons (Fsp3) is 0.667. The van der Waals surface area contributed by atoms with Crippen molar-refractivity contribution in [2.45, 2.75) is 38.0 Å². The first kappa shape index (κ1) is 16.0. The standard InChI is InChI=1S/C12H20ClNO2S2/c1-5-14-10(12(2,3)18(4,15)16)8-9-6-7-11(13)17-9/h6-7,10,14H,5,8H2,1-4H3. The minimum Gasteiger partial charge on any atom is -0.312 e. The third-order valence-electron chi connectivity index (χ3n) is 3.28. The first-order valence-corrected chi connectivity index (χ1v) is 8.94. The Hall–Kier alpha value is -0.100. The second-order valence-corrected chi connectivity index (χ2v) is 9.29. The molecule has 1 unspecified atom stereocenters. The van der Waals surface area contributed by atoms with Crippen molar-refractivity contribution in [3.05, 3.63) is 21.3 Å². The summed E-state index contributed by atoms with van der Waals surface area (Å²) >= 11 is 7.40. The van der Waals surface area contributed by atoms with Gasteiger partial charge in [-0.15, -0.1) is 11.3 Å². The lowest BCUT2D eigenvalue weighted by Gasteiger charge is -2.33. The van der Waals surface area contributed by atoms with E-state index >= 15 is 0 Å². The van der Waals surface area contributed by atoms with Crippen LogP contribution in [0.2, 0.25) is 4.34 Å². The van der Waals surface area contributed by atoms with Crippen molar-refractivity contribution in [3.8, 4) is 0 Å². The molecule has 0 radical (unpaired) electrons. The molecule has 1 aromatic heterocycles. The second kappa shape index (κ2) is 5.90. The smallest absolute Gasteiger partial charge is 0.154 e. The van der Waals surface area contributed by atoms with E-state index in [0.29, 0.717) is 6.42 Å². The van der Waals surface area contributed by atoms with Crippen molar-refractivity contribution in [1.29, 1.82) is 0 Å². The number of halogens is 1. The third-order valence-corrected chi connectivity index (χ3v) is 6.73. The molecule has 104 valence electrons. The van der Waals surface area contributed by atoms with Crippen LogP contribution in [0.1, 0.15) is 25.6 Å². The van der Waals surface area contributed by atoms with Gasteiger partial charge in [0.2, 0.25) is 0 Å². The average Bonchev–Trinajstić information content (AvgIpc) is 2.61. The summed E-state index contributed by atoms with van der Waals surface area (Å²) in [5.41, 5.74) is 0. The molecule has 0 bridgehead atoms. The summed E-state index contributed by atoms with van der Waals surface area (Å²) < 4.78 is 23.7. The molecular weight excluding hydrogens is 290 g/mol. The van der Waals surface area contributed by atoms with Crippen molar-refractivity contribution in [3.63, 3.8) is 0 Å². The molecule has 1 rings (SSSR count). The lowest BCUT2D eigenvalue weighted by atomic mass is 9.99. The van der Waals surface area contributed by atoms with E-state index in [1.165, 1.54) is 17.6 Å². The maximum absolute atomic E-state index is 11.9. The van der Waals surface area contributed by atoms with Crippen molar-refractivity contribution in [2.75, 3.05) is 12.8 Å². The molecule has 1 aromatic rings. The van der Waals surface area contributed by atoms with Crippen molar-refractivity contribution in [1.82, 2.24) is 5.32 Å². The fourth-order valence-corrected chi connectivity index (χ4v) is 3.55. The van der Waals surface area contributed by atoms with Gasteiger partial charge in [-0.1, -0.05) is 18.5 Å². The predicted molar refractivity (Wildman–Crippen MR) is 79.4 cm³/mol. The predicted octanol–water partition coefficient (Wildman–Crippen LogP) is 2.75. The Kier molecular flexibility index (Phi) is 5.23. The van der Waals surface area contributed by atoms with Gasteiger partial charge >= 0.3 is 0 Å². The van der Waals surface area contributed by atoms with E-state index in [0.717, 1.165) is 15.8 Å². The Morgan fingerprint density at radius 3 is 2.44 bits per heavy atom. The zero-order valence-electron chi connectivity index (χ0n) is 11.2. The molecule has 0 aliphatic carbocycles. The molecule has 1 atom stereocenters. The molecule has 1 N–H and O–H groups in total. The number of thiophene rings is 1. The minimum absolute atomic E-state index is 0.118.